The number of likely N-dealkylation sites (tertiary alicyclic amines) is 1. The number of nitrogens with one attached hydrogen (secondary N) is 2. The molecule has 0 spiro atoms. The summed E-state index contributed by atoms with van der Waals surface area (Å²) in [6, 6.07) is 2.61. The number of fused-ring (bicyclic) bond motifs is 1. The van der Waals surface area contributed by atoms with Crippen molar-refractivity contribution in [3.8, 4) is 0 Å². The van der Waals surface area contributed by atoms with Crippen molar-refractivity contribution >= 4 is 37.2 Å². The molecule has 10 nitrogen and oxygen atoms in total. The minimum atomic E-state index is -1.12. The summed E-state index contributed by atoms with van der Waals surface area (Å²) in [6.45, 7) is 14.9. The molecule has 2 aromatic rings. The Kier molecular flexibility index (Phi) is 8.76. The normalized spacial score (nSPS) is 17.2. The summed E-state index contributed by atoms with van der Waals surface area (Å²) in [6.07, 6.45) is 5.39. The number of amides is 3. The average molecular weight is 505 g/mol. The number of nitrogens with zero attached hydrogens (tertiary/aromatic N) is 4. The molecule has 0 aromatic carbocycles. The molecule has 0 saturated carbocycles. The molecule has 194 valence electrons. The zero-order valence-corrected chi connectivity index (χ0v) is 22.9. The monoisotopic (exact) mass is 504 g/mol. The summed E-state index contributed by atoms with van der Waals surface area (Å²) >= 11 is 0. The van der Waals surface area contributed by atoms with Gasteiger partial charge in [-0.05, 0) is 52.1 Å². The van der Waals surface area contributed by atoms with Gasteiger partial charge in [-0.15, -0.1) is 0 Å². The largest absolute Gasteiger partial charge is 0.444 e. The van der Waals surface area contributed by atoms with Crippen molar-refractivity contribution in [2.45, 2.75) is 84.1 Å². The van der Waals surface area contributed by atoms with Crippen molar-refractivity contribution in [3.63, 3.8) is 0 Å². The highest BCUT2D eigenvalue weighted by Crippen LogP contribution is 2.17. The topological polar surface area (TPSA) is 111 Å². The molecular formula is C24H40N6O4Si. The lowest BCUT2D eigenvalue weighted by atomic mass is 10.1. The van der Waals surface area contributed by atoms with Crippen LogP contribution in [-0.4, -0.2) is 71.0 Å². The van der Waals surface area contributed by atoms with Crippen LogP contribution in [0.4, 0.5) is 15.4 Å². The van der Waals surface area contributed by atoms with Crippen LogP contribution >= 0.6 is 0 Å². The number of hydrogen-bond acceptors (Lipinski definition) is 6. The van der Waals surface area contributed by atoms with Crippen molar-refractivity contribution in [2.24, 2.45) is 0 Å². The van der Waals surface area contributed by atoms with Gasteiger partial charge in [-0.1, -0.05) is 19.6 Å². The Hall–Kier alpha value is -2.66. The van der Waals surface area contributed by atoms with Gasteiger partial charge in [0.05, 0.1) is 6.20 Å². The van der Waals surface area contributed by atoms with Crippen LogP contribution in [0.15, 0.2) is 18.5 Å². The second kappa shape index (κ2) is 11.4. The third kappa shape index (κ3) is 8.81. The maximum absolute atomic E-state index is 12.6. The second-order valence-corrected chi connectivity index (χ2v) is 16.9. The van der Waals surface area contributed by atoms with Gasteiger partial charge in [-0.25, -0.2) is 19.6 Å². The Morgan fingerprint density at radius 1 is 1.20 bits per heavy atom. The zero-order chi connectivity index (χ0) is 25.6. The number of aromatic nitrogens is 3. The van der Waals surface area contributed by atoms with Crippen molar-refractivity contribution in [1.82, 2.24) is 24.8 Å². The van der Waals surface area contributed by atoms with Crippen LogP contribution in [0.1, 0.15) is 40.0 Å². The Labute approximate surface area is 208 Å². The SMILES string of the molecule is CC(C)(C)OC(=O)N1CCCC(NC(=O)Nc2cnc3c(ccn3COCC[Si](C)(C)C)n2)CC1. The summed E-state index contributed by atoms with van der Waals surface area (Å²) in [5.41, 5.74) is 0.888. The first-order chi connectivity index (χ1) is 16.4. The first-order valence-electron chi connectivity index (χ1n) is 12.3. The molecule has 1 aliphatic rings. The van der Waals surface area contributed by atoms with Gasteiger partial charge in [0.25, 0.3) is 0 Å². The fraction of sp³-hybridized carbons (Fsp3) is 0.667. The van der Waals surface area contributed by atoms with E-state index in [4.69, 9.17) is 9.47 Å². The molecule has 1 unspecified atom stereocenters. The van der Waals surface area contributed by atoms with Gasteiger partial charge in [-0.2, -0.15) is 0 Å². The number of urea groups is 1. The third-order valence-electron chi connectivity index (χ3n) is 5.65. The standard InChI is InChI=1S/C24H40N6O4Si/c1-24(2,3)34-23(32)29-11-7-8-18(9-12-29)26-22(31)28-20-16-25-21-19(27-20)10-13-30(21)17-33-14-15-35(4,5)6/h10,13,16,18H,7-9,11-12,14-15,17H2,1-6H3,(H2,26,27,28,31). The first-order valence-corrected chi connectivity index (χ1v) is 16.1. The van der Waals surface area contributed by atoms with Crippen molar-refractivity contribution in [1.29, 1.82) is 0 Å². The van der Waals surface area contributed by atoms with Crippen molar-refractivity contribution in [2.75, 3.05) is 25.0 Å². The Balaban J connectivity index is 1.48. The number of ether oxygens (including phenoxy) is 2. The molecule has 11 heteroatoms. The van der Waals surface area contributed by atoms with Crippen molar-refractivity contribution < 1.29 is 19.1 Å². The van der Waals surface area contributed by atoms with E-state index in [1.165, 1.54) is 0 Å². The predicted molar refractivity (Wildman–Crippen MR) is 139 cm³/mol. The van der Waals surface area contributed by atoms with E-state index >= 15 is 0 Å². The van der Waals surface area contributed by atoms with E-state index in [2.05, 4.69) is 40.2 Å². The number of anilines is 1. The lowest BCUT2D eigenvalue weighted by Gasteiger charge is -2.26. The molecule has 1 fully saturated rings. The quantitative estimate of drug-likeness (QED) is 0.419. The van der Waals surface area contributed by atoms with Crippen LogP contribution in [0.2, 0.25) is 25.7 Å². The van der Waals surface area contributed by atoms with E-state index in [0.29, 0.717) is 37.6 Å². The number of carbonyl (C=O) groups is 2. The predicted octanol–water partition coefficient (Wildman–Crippen LogP) is 4.65. The Morgan fingerprint density at radius 2 is 1.97 bits per heavy atom. The molecule has 0 aliphatic carbocycles. The van der Waals surface area contributed by atoms with Crippen LogP contribution in [0.3, 0.4) is 0 Å². The van der Waals surface area contributed by atoms with E-state index in [1.807, 2.05) is 37.6 Å². The zero-order valence-electron chi connectivity index (χ0n) is 21.9. The molecule has 3 amide bonds. The molecule has 3 heterocycles. The van der Waals surface area contributed by atoms with Gasteiger partial charge < -0.3 is 24.3 Å². The molecule has 1 saturated heterocycles. The minimum absolute atomic E-state index is 0.0338. The van der Waals surface area contributed by atoms with Gasteiger partial charge in [0.2, 0.25) is 0 Å². The van der Waals surface area contributed by atoms with Gasteiger partial charge in [-0.3, -0.25) is 5.32 Å². The second-order valence-electron chi connectivity index (χ2n) is 11.3. The van der Waals surface area contributed by atoms with E-state index in [0.717, 1.165) is 31.1 Å². The van der Waals surface area contributed by atoms with Crippen LogP contribution < -0.4 is 10.6 Å². The molecule has 2 aromatic heterocycles. The third-order valence-corrected chi connectivity index (χ3v) is 7.35. The average Bonchev–Trinajstić information content (AvgIpc) is 2.97. The lowest BCUT2D eigenvalue weighted by Crippen LogP contribution is -2.40. The number of carbonyl (C=O) groups excluding carboxylic acids is 2. The summed E-state index contributed by atoms with van der Waals surface area (Å²) in [7, 11) is -1.12. The van der Waals surface area contributed by atoms with Crippen LogP contribution in [0.5, 0.6) is 0 Å². The molecule has 2 N–H and O–H groups in total. The highest BCUT2D eigenvalue weighted by molar-refractivity contribution is 6.76. The summed E-state index contributed by atoms with van der Waals surface area (Å²) in [4.78, 5) is 35.6. The van der Waals surface area contributed by atoms with E-state index in [9.17, 15) is 9.59 Å². The van der Waals surface area contributed by atoms with Crippen LogP contribution in [0.25, 0.3) is 11.2 Å². The molecule has 0 radical (unpaired) electrons. The van der Waals surface area contributed by atoms with Crippen molar-refractivity contribution in [3.05, 3.63) is 18.5 Å². The smallest absolute Gasteiger partial charge is 0.410 e. The fourth-order valence-corrected chi connectivity index (χ4v) is 4.51. The van der Waals surface area contributed by atoms with E-state index in [-0.39, 0.29) is 18.2 Å². The molecule has 1 aliphatic heterocycles. The molecule has 1 atom stereocenters. The van der Waals surface area contributed by atoms with E-state index < -0.39 is 13.7 Å². The summed E-state index contributed by atoms with van der Waals surface area (Å²) < 4.78 is 13.2. The number of hydrogen-bond donors (Lipinski definition) is 2. The minimum Gasteiger partial charge on any atom is -0.444 e. The lowest BCUT2D eigenvalue weighted by molar-refractivity contribution is 0.0256. The highest BCUT2D eigenvalue weighted by Gasteiger charge is 2.26. The Bertz CT molecular complexity index is 1010. The molecular weight excluding hydrogens is 464 g/mol. The maximum atomic E-state index is 12.6. The Morgan fingerprint density at radius 3 is 2.69 bits per heavy atom. The first kappa shape index (κ1) is 26.9. The van der Waals surface area contributed by atoms with Gasteiger partial charge in [0.1, 0.15) is 17.8 Å². The van der Waals surface area contributed by atoms with E-state index in [1.54, 1.807) is 11.1 Å². The molecule has 0 bridgehead atoms. The van der Waals surface area contributed by atoms with Crippen LogP contribution in [0, 0.1) is 0 Å². The van der Waals surface area contributed by atoms with Gasteiger partial charge in [0.15, 0.2) is 11.5 Å². The molecule has 3 rings (SSSR count). The highest BCUT2D eigenvalue weighted by atomic mass is 28.3. The van der Waals surface area contributed by atoms with Gasteiger partial charge in [0, 0.05) is 40.0 Å². The van der Waals surface area contributed by atoms with Crippen LogP contribution in [-0.2, 0) is 16.2 Å². The molecule has 35 heavy (non-hydrogen) atoms. The summed E-state index contributed by atoms with van der Waals surface area (Å²) in [5.74, 6) is 0.386. The maximum Gasteiger partial charge on any atom is 0.410 e. The number of rotatable bonds is 7. The summed E-state index contributed by atoms with van der Waals surface area (Å²) in [5, 5.41) is 5.78. The fourth-order valence-electron chi connectivity index (χ4n) is 3.75. The van der Waals surface area contributed by atoms with Gasteiger partial charge >= 0.3 is 12.1 Å².